The number of rotatable bonds is 6. The summed E-state index contributed by atoms with van der Waals surface area (Å²) in [4.78, 5) is 13.3. The van der Waals surface area contributed by atoms with Crippen LogP contribution in [0.25, 0.3) is 0 Å². The van der Waals surface area contributed by atoms with E-state index in [2.05, 4.69) is 5.32 Å². The van der Waals surface area contributed by atoms with Crippen molar-refractivity contribution in [2.24, 2.45) is 0 Å². The van der Waals surface area contributed by atoms with Gasteiger partial charge < -0.3 is 10.4 Å². The molecule has 0 radical (unpaired) electrons. The molecule has 1 aromatic rings. The van der Waals surface area contributed by atoms with Gasteiger partial charge in [-0.15, -0.1) is 0 Å². The van der Waals surface area contributed by atoms with Crippen LogP contribution in [0.15, 0.2) is 18.2 Å². The van der Waals surface area contributed by atoms with E-state index < -0.39 is 5.82 Å². The van der Waals surface area contributed by atoms with E-state index in [-0.39, 0.29) is 18.2 Å². The van der Waals surface area contributed by atoms with E-state index in [1.54, 1.807) is 7.05 Å². The molecule has 0 spiro atoms. The first kappa shape index (κ1) is 14.4. The van der Waals surface area contributed by atoms with Crippen LogP contribution in [0.2, 0.25) is 0 Å². The van der Waals surface area contributed by atoms with Crippen molar-refractivity contribution in [3.8, 4) is 5.75 Å². The number of benzene rings is 1. The van der Waals surface area contributed by atoms with E-state index >= 15 is 0 Å². The van der Waals surface area contributed by atoms with Gasteiger partial charge in [0.2, 0.25) is 5.91 Å². The van der Waals surface area contributed by atoms with Gasteiger partial charge in [0.05, 0.1) is 6.54 Å². The Labute approximate surface area is 106 Å². The fraction of sp³-hybridized carbons (Fsp3) is 0.462. The quantitative estimate of drug-likeness (QED) is 0.808. The fourth-order valence-corrected chi connectivity index (χ4v) is 1.80. The molecule has 0 aliphatic rings. The third-order valence-corrected chi connectivity index (χ3v) is 2.53. The molecule has 0 aliphatic heterocycles. The summed E-state index contributed by atoms with van der Waals surface area (Å²) in [5, 5.41) is 11.9. The maximum Gasteiger partial charge on any atom is 0.233 e. The van der Waals surface area contributed by atoms with Crippen LogP contribution < -0.4 is 5.32 Å². The smallest absolute Gasteiger partial charge is 0.233 e. The Balaban J connectivity index is 2.72. The third-order valence-electron chi connectivity index (χ3n) is 2.53. The Hall–Kier alpha value is -1.62. The van der Waals surface area contributed by atoms with Gasteiger partial charge in [-0.2, -0.15) is 0 Å². The number of nitrogens with one attached hydrogen (secondary N) is 1. The zero-order chi connectivity index (χ0) is 13.5. The van der Waals surface area contributed by atoms with Crippen molar-refractivity contribution in [2.45, 2.75) is 19.9 Å². The average molecular weight is 254 g/mol. The summed E-state index contributed by atoms with van der Waals surface area (Å²) in [5.74, 6) is -0.646. The summed E-state index contributed by atoms with van der Waals surface area (Å²) in [7, 11) is 1.58. The predicted octanol–water partition coefficient (Wildman–Crippen LogP) is 1.49. The van der Waals surface area contributed by atoms with Gasteiger partial charge in [0, 0.05) is 19.7 Å². The monoisotopic (exact) mass is 254 g/mol. The zero-order valence-corrected chi connectivity index (χ0v) is 10.7. The second kappa shape index (κ2) is 6.96. The lowest BCUT2D eigenvalue weighted by molar-refractivity contribution is -0.121. The highest BCUT2D eigenvalue weighted by molar-refractivity contribution is 5.77. The molecule has 1 rings (SSSR count). The van der Waals surface area contributed by atoms with Gasteiger partial charge in [0.15, 0.2) is 0 Å². The number of carbonyl (C=O) groups excluding carboxylic acids is 1. The highest BCUT2D eigenvalue weighted by Gasteiger charge is 2.10. The number of phenolic OH excluding ortho intramolecular Hbond substituents is 1. The SMILES string of the molecule is CCCN(CC(=O)NC)Cc1cc(O)cc(F)c1. The molecule has 1 amide bonds. The summed E-state index contributed by atoms with van der Waals surface area (Å²) in [5.41, 5.74) is 0.657. The molecule has 5 heteroatoms. The van der Waals surface area contributed by atoms with Crippen LogP contribution in [0.5, 0.6) is 5.75 Å². The second-order valence-corrected chi connectivity index (χ2v) is 4.20. The van der Waals surface area contributed by atoms with Crippen molar-refractivity contribution >= 4 is 5.91 Å². The van der Waals surface area contributed by atoms with Gasteiger partial charge in [-0.3, -0.25) is 9.69 Å². The summed E-state index contributed by atoms with van der Waals surface area (Å²) < 4.78 is 13.1. The number of phenols is 1. The molecule has 1 aromatic carbocycles. The molecule has 0 atom stereocenters. The van der Waals surface area contributed by atoms with Crippen LogP contribution in [0.3, 0.4) is 0 Å². The number of carbonyl (C=O) groups is 1. The minimum Gasteiger partial charge on any atom is -0.508 e. The minimum absolute atomic E-state index is 0.0796. The molecule has 0 bridgehead atoms. The first-order valence-electron chi connectivity index (χ1n) is 5.96. The van der Waals surface area contributed by atoms with Crippen molar-refractivity contribution in [3.05, 3.63) is 29.6 Å². The lowest BCUT2D eigenvalue weighted by Crippen LogP contribution is -2.35. The lowest BCUT2D eigenvalue weighted by atomic mass is 10.2. The molecule has 0 aliphatic carbocycles. The zero-order valence-electron chi connectivity index (χ0n) is 10.7. The van der Waals surface area contributed by atoms with Crippen molar-refractivity contribution in [3.63, 3.8) is 0 Å². The number of amides is 1. The number of likely N-dealkylation sites (N-methyl/N-ethyl adjacent to an activating group) is 1. The van der Waals surface area contributed by atoms with Crippen LogP contribution in [0.4, 0.5) is 4.39 Å². The van der Waals surface area contributed by atoms with Crippen LogP contribution >= 0.6 is 0 Å². The fourth-order valence-electron chi connectivity index (χ4n) is 1.80. The van der Waals surface area contributed by atoms with E-state index in [4.69, 9.17) is 0 Å². The Morgan fingerprint density at radius 2 is 2.17 bits per heavy atom. The standard InChI is InChI=1S/C13H19FN2O2/c1-3-4-16(9-13(18)15-2)8-10-5-11(14)7-12(17)6-10/h5-7,17H,3-4,8-9H2,1-2H3,(H,15,18). The maximum atomic E-state index is 13.1. The van der Waals surface area contributed by atoms with Gasteiger partial charge in [0.1, 0.15) is 11.6 Å². The number of nitrogens with zero attached hydrogens (tertiary/aromatic N) is 1. The third kappa shape index (κ3) is 4.71. The minimum atomic E-state index is -0.471. The second-order valence-electron chi connectivity index (χ2n) is 4.20. The first-order valence-corrected chi connectivity index (χ1v) is 5.96. The topological polar surface area (TPSA) is 52.6 Å². The van der Waals surface area contributed by atoms with Gasteiger partial charge >= 0.3 is 0 Å². The molecule has 0 fully saturated rings. The van der Waals surface area contributed by atoms with E-state index in [1.165, 1.54) is 12.1 Å². The summed E-state index contributed by atoms with van der Waals surface area (Å²) in [6.07, 6.45) is 0.901. The first-order chi connectivity index (χ1) is 8.55. The Morgan fingerprint density at radius 3 is 2.72 bits per heavy atom. The van der Waals surface area contributed by atoms with Crippen LogP contribution in [-0.4, -0.2) is 36.1 Å². The molecule has 4 nitrogen and oxygen atoms in total. The molecule has 100 valence electrons. The van der Waals surface area contributed by atoms with Crippen molar-refractivity contribution in [2.75, 3.05) is 20.1 Å². The molecular weight excluding hydrogens is 235 g/mol. The van der Waals surface area contributed by atoms with E-state index in [0.717, 1.165) is 19.0 Å². The molecule has 2 N–H and O–H groups in total. The number of aromatic hydroxyl groups is 1. The Bertz CT molecular complexity index is 390. The number of hydrogen-bond donors (Lipinski definition) is 2. The Morgan fingerprint density at radius 1 is 1.44 bits per heavy atom. The molecule has 0 aromatic heterocycles. The van der Waals surface area contributed by atoms with Crippen LogP contribution in [-0.2, 0) is 11.3 Å². The summed E-state index contributed by atoms with van der Waals surface area (Å²) >= 11 is 0. The summed E-state index contributed by atoms with van der Waals surface area (Å²) in [6.45, 7) is 3.46. The number of hydrogen-bond acceptors (Lipinski definition) is 3. The summed E-state index contributed by atoms with van der Waals surface area (Å²) in [6, 6.07) is 3.94. The predicted molar refractivity (Wildman–Crippen MR) is 67.7 cm³/mol. The molecule has 0 unspecified atom stereocenters. The van der Waals surface area contributed by atoms with Crippen molar-refractivity contribution in [1.29, 1.82) is 0 Å². The molecule has 0 heterocycles. The Kier molecular flexibility index (Phi) is 5.58. The maximum absolute atomic E-state index is 13.1. The van der Waals surface area contributed by atoms with E-state index in [9.17, 15) is 14.3 Å². The molecule has 0 saturated carbocycles. The van der Waals surface area contributed by atoms with Gasteiger partial charge in [-0.25, -0.2) is 4.39 Å². The van der Waals surface area contributed by atoms with E-state index in [1.807, 2.05) is 11.8 Å². The lowest BCUT2D eigenvalue weighted by Gasteiger charge is -2.20. The molecule has 18 heavy (non-hydrogen) atoms. The highest BCUT2D eigenvalue weighted by Crippen LogP contribution is 2.16. The largest absolute Gasteiger partial charge is 0.508 e. The van der Waals surface area contributed by atoms with Gasteiger partial charge in [0.25, 0.3) is 0 Å². The molecule has 0 saturated heterocycles. The van der Waals surface area contributed by atoms with Gasteiger partial charge in [-0.1, -0.05) is 6.92 Å². The normalized spacial score (nSPS) is 10.7. The highest BCUT2D eigenvalue weighted by atomic mass is 19.1. The van der Waals surface area contributed by atoms with E-state index in [0.29, 0.717) is 12.1 Å². The van der Waals surface area contributed by atoms with Gasteiger partial charge in [-0.05, 0) is 30.7 Å². The van der Waals surface area contributed by atoms with Crippen molar-refractivity contribution in [1.82, 2.24) is 10.2 Å². The van der Waals surface area contributed by atoms with Crippen LogP contribution in [0, 0.1) is 5.82 Å². The van der Waals surface area contributed by atoms with Crippen LogP contribution in [0.1, 0.15) is 18.9 Å². The molecular formula is C13H19FN2O2. The average Bonchev–Trinajstić information content (AvgIpc) is 2.27. The van der Waals surface area contributed by atoms with Crippen molar-refractivity contribution < 1.29 is 14.3 Å². The number of halogens is 1.